The minimum Gasteiger partial charge on any atom is -0.345 e. The lowest BCUT2D eigenvalue weighted by Gasteiger charge is -2.27. The molecule has 1 aliphatic heterocycles. The molecule has 1 N–H and O–H groups in total. The maximum absolute atomic E-state index is 4.74. The number of aryl methyl sites for hydroxylation is 1. The van der Waals surface area contributed by atoms with Crippen LogP contribution >= 0.6 is 0 Å². The average Bonchev–Trinajstić information content (AvgIpc) is 3.00. The van der Waals surface area contributed by atoms with Crippen molar-refractivity contribution in [1.82, 2.24) is 29.8 Å². The van der Waals surface area contributed by atoms with Crippen molar-refractivity contribution in [2.75, 3.05) is 6.54 Å². The van der Waals surface area contributed by atoms with E-state index in [4.69, 9.17) is 4.98 Å². The Kier molecular flexibility index (Phi) is 3.59. The predicted octanol–water partition coefficient (Wildman–Crippen LogP) is 2.13. The fraction of sp³-hybridized carbons (Fsp3) is 0.294. The minimum absolute atomic E-state index is 0.781. The lowest BCUT2D eigenvalue weighted by atomic mass is 10.1. The molecule has 0 atom stereocenters. The molecule has 0 spiro atoms. The molecule has 3 aromatic rings. The van der Waals surface area contributed by atoms with Gasteiger partial charge in [0, 0.05) is 67.7 Å². The van der Waals surface area contributed by atoms with E-state index in [1.54, 1.807) is 12.4 Å². The Morgan fingerprint density at radius 2 is 2.04 bits per heavy atom. The van der Waals surface area contributed by atoms with E-state index in [2.05, 4.69) is 24.8 Å². The maximum atomic E-state index is 4.74. The largest absolute Gasteiger partial charge is 0.345 e. The monoisotopic (exact) mass is 306 g/mol. The Morgan fingerprint density at radius 1 is 1.17 bits per heavy atom. The van der Waals surface area contributed by atoms with Crippen LogP contribution in [0.5, 0.6) is 0 Å². The molecule has 116 valence electrons. The second-order valence-electron chi connectivity index (χ2n) is 5.86. The van der Waals surface area contributed by atoms with Crippen LogP contribution in [0.3, 0.4) is 0 Å². The number of hydrogen-bond donors (Lipinski definition) is 1. The summed E-state index contributed by atoms with van der Waals surface area (Å²) in [6.07, 6.45) is 8.36. The highest BCUT2D eigenvalue weighted by molar-refractivity contribution is 5.54. The third-order valence-electron chi connectivity index (χ3n) is 4.10. The summed E-state index contributed by atoms with van der Waals surface area (Å²) in [6.45, 7) is 4.73. The molecule has 0 fully saturated rings. The third kappa shape index (κ3) is 2.98. The molecular weight excluding hydrogens is 288 g/mol. The molecule has 0 unspecified atom stereocenters. The zero-order chi connectivity index (χ0) is 15.6. The normalized spacial score (nSPS) is 14.7. The second-order valence-corrected chi connectivity index (χ2v) is 5.86. The molecule has 1 aliphatic rings. The zero-order valence-electron chi connectivity index (χ0n) is 13.0. The van der Waals surface area contributed by atoms with E-state index in [9.17, 15) is 0 Å². The van der Waals surface area contributed by atoms with Crippen LogP contribution in [0.25, 0.3) is 11.4 Å². The summed E-state index contributed by atoms with van der Waals surface area (Å²) in [7, 11) is 0. The number of aromatic nitrogens is 5. The van der Waals surface area contributed by atoms with E-state index in [1.807, 2.05) is 31.5 Å². The van der Waals surface area contributed by atoms with Crippen LogP contribution in [0.2, 0.25) is 0 Å². The predicted molar refractivity (Wildman–Crippen MR) is 86.4 cm³/mol. The summed E-state index contributed by atoms with van der Waals surface area (Å²) in [5.41, 5.74) is 4.53. The summed E-state index contributed by atoms with van der Waals surface area (Å²) in [6, 6.07) is 3.88. The highest BCUT2D eigenvalue weighted by Crippen LogP contribution is 2.21. The van der Waals surface area contributed by atoms with Crippen LogP contribution in [0.1, 0.15) is 22.8 Å². The fourth-order valence-corrected chi connectivity index (χ4v) is 2.94. The van der Waals surface area contributed by atoms with Crippen molar-refractivity contribution in [2.24, 2.45) is 0 Å². The fourth-order valence-electron chi connectivity index (χ4n) is 2.94. The maximum Gasteiger partial charge on any atom is 0.159 e. The van der Waals surface area contributed by atoms with Gasteiger partial charge in [-0.05, 0) is 19.1 Å². The summed E-state index contributed by atoms with van der Waals surface area (Å²) in [4.78, 5) is 23.2. The smallest absolute Gasteiger partial charge is 0.159 e. The van der Waals surface area contributed by atoms with Gasteiger partial charge in [0.05, 0.1) is 5.69 Å². The molecule has 6 heteroatoms. The molecule has 0 radical (unpaired) electrons. The molecule has 0 aromatic carbocycles. The van der Waals surface area contributed by atoms with Gasteiger partial charge >= 0.3 is 0 Å². The number of pyridine rings is 1. The van der Waals surface area contributed by atoms with Crippen LogP contribution in [0.15, 0.2) is 36.9 Å². The highest BCUT2D eigenvalue weighted by Gasteiger charge is 2.19. The van der Waals surface area contributed by atoms with Crippen molar-refractivity contribution in [2.45, 2.75) is 26.4 Å². The van der Waals surface area contributed by atoms with Crippen LogP contribution in [-0.2, 0) is 19.5 Å². The quantitative estimate of drug-likeness (QED) is 0.802. The standard InChI is InChI=1S/C17H18N6/c1-12-19-9-15(21-12)11-23-7-4-16-14(10-23)8-20-17(22-16)13-2-5-18-6-3-13/h2-3,5-6,8-9H,4,7,10-11H2,1H3,(H,19,21). The van der Waals surface area contributed by atoms with Crippen molar-refractivity contribution >= 4 is 0 Å². The summed E-state index contributed by atoms with van der Waals surface area (Å²) < 4.78 is 0. The molecule has 4 heterocycles. The van der Waals surface area contributed by atoms with Crippen LogP contribution < -0.4 is 0 Å². The first-order valence-electron chi connectivity index (χ1n) is 7.76. The molecule has 6 nitrogen and oxygen atoms in total. The van der Waals surface area contributed by atoms with Gasteiger partial charge in [0.1, 0.15) is 5.82 Å². The number of nitrogens with one attached hydrogen (secondary N) is 1. The number of nitrogens with zero attached hydrogens (tertiary/aromatic N) is 5. The van der Waals surface area contributed by atoms with Gasteiger partial charge in [0.2, 0.25) is 0 Å². The molecular formula is C17H18N6. The molecule has 0 bridgehead atoms. The van der Waals surface area contributed by atoms with Gasteiger partial charge in [0.15, 0.2) is 5.82 Å². The zero-order valence-corrected chi connectivity index (χ0v) is 13.0. The topological polar surface area (TPSA) is 70.6 Å². The molecule has 0 amide bonds. The molecule has 0 aliphatic carbocycles. The molecule has 0 saturated heterocycles. The van der Waals surface area contributed by atoms with Crippen LogP contribution in [0.4, 0.5) is 0 Å². The van der Waals surface area contributed by atoms with E-state index in [0.29, 0.717) is 0 Å². The number of hydrogen-bond acceptors (Lipinski definition) is 5. The van der Waals surface area contributed by atoms with Crippen molar-refractivity contribution in [1.29, 1.82) is 0 Å². The summed E-state index contributed by atoms with van der Waals surface area (Å²) in [5.74, 6) is 1.74. The molecule has 23 heavy (non-hydrogen) atoms. The SMILES string of the molecule is Cc1ncc(CN2CCc3nc(-c4ccncc4)ncc3C2)[nH]1. The lowest BCUT2D eigenvalue weighted by molar-refractivity contribution is 0.240. The van der Waals surface area contributed by atoms with Crippen molar-refractivity contribution < 1.29 is 0 Å². The number of rotatable bonds is 3. The Labute approximate surface area is 134 Å². The van der Waals surface area contributed by atoms with Crippen molar-refractivity contribution in [3.05, 3.63) is 59.7 Å². The first-order chi connectivity index (χ1) is 11.3. The Morgan fingerprint density at radius 3 is 2.83 bits per heavy atom. The van der Waals surface area contributed by atoms with E-state index < -0.39 is 0 Å². The first-order valence-corrected chi connectivity index (χ1v) is 7.76. The van der Waals surface area contributed by atoms with Crippen LogP contribution in [-0.4, -0.2) is 36.4 Å². The van der Waals surface area contributed by atoms with E-state index >= 15 is 0 Å². The summed E-state index contributed by atoms with van der Waals surface area (Å²) >= 11 is 0. The average molecular weight is 306 g/mol. The summed E-state index contributed by atoms with van der Waals surface area (Å²) in [5, 5.41) is 0. The van der Waals surface area contributed by atoms with Gasteiger partial charge in [-0.15, -0.1) is 0 Å². The Bertz CT molecular complexity index is 811. The third-order valence-corrected chi connectivity index (χ3v) is 4.10. The van der Waals surface area contributed by atoms with Gasteiger partial charge < -0.3 is 4.98 Å². The Balaban J connectivity index is 1.52. The number of fused-ring (bicyclic) bond motifs is 1. The molecule has 0 saturated carbocycles. The van der Waals surface area contributed by atoms with E-state index in [0.717, 1.165) is 54.7 Å². The van der Waals surface area contributed by atoms with Gasteiger partial charge in [0.25, 0.3) is 0 Å². The molecule has 4 rings (SSSR count). The minimum atomic E-state index is 0.781. The second kappa shape index (κ2) is 5.89. The van der Waals surface area contributed by atoms with Crippen molar-refractivity contribution in [3.8, 4) is 11.4 Å². The Hall–Kier alpha value is -2.60. The number of aromatic amines is 1. The first kappa shape index (κ1) is 14.0. The van der Waals surface area contributed by atoms with Gasteiger partial charge in [-0.2, -0.15) is 0 Å². The van der Waals surface area contributed by atoms with Gasteiger partial charge in [-0.1, -0.05) is 0 Å². The molecule has 3 aromatic heterocycles. The number of imidazole rings is 1. The van der Waals surface area contributed by atoms with Gasteiger partial charge in [-0.3, -0.25) is 9.88 Å². The van der Waals surface area contributed by atoms with Crippen LogP contribution in [0, 0.1) is 6.92 Å². The van der Waals surface area contributed by atoms with Gasteiger partial charge in [-0.25, -0.2) is 15.0 Å². The van der Waals surface area contributed by atoms with Crippen molar-refractivity contribution in [3.63, 3.8) is 0 Å². The van der Waals surface area contributed by atoms with E-state index in [-0.39, 0.29) is 0 Å². The highest BCUT2D eigenvalue weighted by atomic mass is 15.1. The lowest BCUT2D eigenvalue weighted by Crippen LogP contribution is -2.31. The number of H-pyrrole nitrogens is 1. The van der Waals surface area contributed by atoms with E-state index in [1.165, 1.54) is 5.56 Å².